The van der Waals surface area contributed by atoms with Gasteiger partial charge in [0, 0.05) is 121 Å². The Labute approximate surface area is 613 Å². The predicted molar refractivity (Wildman–Crippen MR) is 441 cm³/mol. The molecule has 0 aliphatic rings. The number of methoxy groups -OCH3 is 2. The standard InChI is InChI=1S/C24H16N4.C24H22N2O2.C24H22N2.C22H18N2/c1-11-5-7-15-21-19(11)13(3)17(9-25)27-23(21)16-8-6-12(2)20-14(4)18(10-26)28-24(15)22(16)20;1-11-7-9-15-19-17(11)13(3)23(27-5)25-21(19)16-10-8-12(2)18-14(4)24(28-6)26-22(15)20(16)18;1-11-7-9-17-21-19(11)13(3)15(5)25-23(21)18-10-8-12(2)20-14(4)16(6)26-24(17)22(18)20;1-11-5-7-15-19-17(11)13(3)9-23-21(19)16-8-6-12(2)18-14(4)10-24-22(15)20(16)18/h5-8H,1-4H3;7-10H,1-6H3;7-10H,1-6H3;5-10H,1-4H3. The van der Waals surface area contributed by atoms with Crippen LogP contribution >= 0.6 is 0 Å². The fourth-order valence-corrected chi connectivity index (χ4v) is 18.3. The largest absolute Gasteiger partial charge is 0.481 e. The van der Waals surface area contributed by atoms with Gasteiger partial charge in [-0.2, -0.15) is 10.5 Å². The van der Waals surface area contributed by atoms with Crippen molar-refractivity contribution in [2.75, 3.05) is 14.2 Å². The number of benzene rings is 12. The van der Waals surface area contributed by atoms with Crippen LogP contribution in [0.2, 0.25) is 0 Å². The monoisotopic (exact) mass is 1380 g/mol. The van der Waals surface area contributed by atoms with Gasteiger partial charge in [0.15, 0.2) is 0 Å². The van der Waals surface area contributed by atoms with Gasteiger partial charge in [-0.3, -0.25) is 19.9 Å². The Kier molecular flexibility index (Phi) is 15.2. The molecule has 8 aromatic heterocycles. The van der Waals surface area contributed by atoms with Crippen LogP contribution < -0.4 is 9.47 Å². The molecular weight excluding hydrogens is 1300 g/mol. The first-order chi connectivity index (χ1) is 50.9. The topological polar surface area (TPSA) is 169 Å². The highest BCUT2D eigenvalue weighted by molar-refractivity contribution is 6.36. The number of rotatable bonds is 2. The van der Waals surface area contributed by atoms with E-state index in [1.165, 1.54) is 131 Å². The Morgan fingerprint density at radius 1 is 0.226 bits per heavy atom. The number of pyridine rings is 8. The number of ether oxygens (including phenoxy) is 2. The molecule has 12 aromatic carbocycles. The summed E-state index contributed by atoms with van der Waals surface area (Å²) in [5.74, 6) is 1.36. The van der Waals surface area contributed by atoms with E-state index in [0.717, 1.165) is 143 Å². The van der Waals surface area contributed by atoms with E-state index in [-0.39, 0.29) is 0 Å². The van der Waals surface area contributed by atoms with E-state index in [1.54, 1.807) is 14.2 Å². The quantitative estimate of drug-likeness (QED) is 0.119. The van der Waals surface area contributed by atoms with Gasteiger partial charge < -0.3 is 9.47 Å². The van der Waals surface area contributed by atoms with Gasteiger partial charge in [-0.1, -0.05) is 97.1 Å². The van der Waals surface area contributed by atoms with Crippen molar-refractivity contribution >= 4 is 173 Å². The first-order valence-corrected chi connectivity index (χ1v) is 36.2. The van der Waals surface area contributed by atoms with Crippen molar-refractivity contribution in [2.45, 2.75) is 125 Å². The van der Waals surface area contributed by atoms with Gasteiger partial charge >= 0.3 is 0 Å². The van der Waals surface area contributed by atoms with Gasteiger partial charge in [0.25, 0.3) is 0 Å². The van der Waals surface area contributed by atoms with Crippen molar-refractivity contribution in [2.24, 2.45) is 0 Å². The van der Waals surface area contributed by atoms with Gasteiger partial charge in [-0.15, -0.1) is 0 Å². The first kappa shape index (κ1) is 66.8. The molecule has 0 spiro atoms. The van der Waals surface area contributed by atoms with E-state index in [0.29, 0.717) is 23.1 Å². The molecule has 12 heteroatoms. The summed E-state index contributed by atoms with van der Waals surface area (Å²) >= 11 is 0. The third kappa shape index (κ3) is 9.22. The molecule has 0 unspecified atom stereocenters. The zero-order chi connectivity index (χ0) is 74.4. The highest BCUT2D eigenvalue weighted by atomic mass is 16.5. The van der Waals surface area contributed by atoms with Crippen molar-refractivity contribution in [1.82, 2.24) is 39.9 Å². The van der Waals surface area contributed by atoms with E-state index in [4.69, 9.17) is 49.3 Å². The van der Waals surface area contributed by atoms with Gasteiger partial charge in [0.1, 0.15) is 23.5 Å². The van der Waals surface area contributed by atoms with Crippen LogP contribution in [0.1, 0.15) is 112 Å². The molecule has 0 bridgehead atoms. The normalized spacial score (nSPS) is 11.9. The summed E-state index contributed by atoms with van der Waals surface area (Å²) in [6, 6.07) is 39.2. The minimum Gasteiger partial charge on any atom is -0.481 e. The van der Waals surface area contributed by atoms with Crippen LogP contribution in [-0.4, -0.2) is 54.1 Å². The second-order valence-electron chi connectivity index (χ2n) is 29.6. The molecule has 0 saturated heterocycles. The first-order valence-electron chi connectivity index (χ1n) is 36.2. The molecule has 20 rings (SSSR count). The predicted octanol–water partition coefficient (Wildman–Crippen LogP) is 23.4. The molecule has 0 amide bonds. The molecule has 0 atom stereocenters. The van der Waals surface area contributed by atoms with E-state index >= 15 is 0 Å². The molecule has 20 aromatic rings. The van der Waals surface area contributed by atoms with Crippen LogP contribution in [-0.2, 0) is 0 Å². The number of fused-ring (bicyclic) bond motifs is 8. The Morgan fingerprint density at radius 2 is 0.443 bits per heavy atom. The molecule has 12 nitrogen and oxygen atoms in total. The van der Waals surface area contributed by atoms with Gasteiger partial charge in [-0.25, -0.2) is 19.9 Å². The summed E-state index contributed by atoms with van der Waals surface area (Å²) in [6.45, 7) is 38.1. The van der Waals surface area contributed by atoms with Crippen molar-refractivity contribution in [3.63, 3.8) is 0 Å². The maximum absolute atomic E-state index is 9.66. The summed E-state index contributed by atoms with van der Waals surface area (Å²) in [5, 5.41) is 47.6. The Morgan fingerprint density at radius 3 is 0.708 bits per heavy atom. The van der Waals surface area contributed by atoms with Gasteiger partial charge in [0.2, 0.25) is 11.8 Å². The molecule has 0 aliphatic carbocycles. The molecule has 0 radical (unpaired) electrons. The average Bonchev–Trinajstić information content (AvgIpc) is 0.738. The van der Waals surface area contributed by atoms with E-state index in [9.17, 15) is 10.5 Å². The van der Waals surface area contributed by atoms with Crippen LogP contribution in [0.25, 0.3) is 173 Å². The molecule has 0 aliphatic heterocycles. The Hall–Kier alpha value is -12.4. The second kappa shape index (κ2) is 24.1. The van der Waals surface area contributed by atoms with Crippen molar-refractivity contribution in [3.05, 3.63) is 221 Å². The number of aryl methyl sites for hydroxylation is 18. The van der Waals surface area contributed by atoms with Gasteiger partial charge in [-0.05, 0) is 246 Å². The van der Waals surface area contributed by atoms with Crippen molar-refractivity contribution in [1.29, 1.82) is 10.5 Å². The maximum Gasteiger partial charge on any atom is 0.217 e. The van der Waals surface area contributed by atoms with Crippen LogP contribution in [0, 0.1) is 147 Å². The fraction of sp³-hybridized carbons (Fsp3) is 0.213. The lowest BCUT2D eigenvalue weighted by Gasteiger charge is -2.19. The van der Waals surface area contributed by atoms with Crippen LogP contribution in [0.5, 0.6) is 11.8 Å². The second-order valence-corrected chi connectivity index (χ2v) is 29.6. The molecule has 0 N–H and O–H groups in total. The summed E-state index contributed by atoms with van der Waals surface area (Å²) in [7, 11) is 3.37. The zero-order valence-electron chi connectivity index (χ0n) is 63.7. The lowest BCUT2D eigenvalue weighted by molar-refractivity contribution is 0.397. The minimum atomic E-state index is 0.457. The molecule has 8 heterocycles. The summed E-state index contributed by atoms with van der Waals surface area (Å²) in [5.41, 5.74) is 29.9. The SMILES string of the molecule is COc1nc2c3ccc(C)c4c(C)c(OC)nc(c5ccc(C)c(c1C)c52)c43.Cc1ccc2c3nc(C#N)c(C)c4c(C)ccc(c5nc(C#N)c(C)c1c25)c43.Cc1ccc2c3ncc(C)c4c(C)ccc(c5ncc(C)c1c25)c43.Cc1nc2c3ccc(C)c4c(C)c(C)nc(c5ccc(C)c(c1C)c52)c43. The highest BCUT2D eigenvalue weighted by Gasteiger charge is 2.27. The molecule has 0 saturated carbocycles. The average molecular weight is 1380 g/mol. The highest BCUT2D eigenvalue weighted by Crippen LogP contribution is 2.49. The summed E-state index contributed by atoms with van der Waals surface area (Å²) in [4.78, 5) is 39.2. The lowest BCUT2D eigenvalue weighted by atomic mass is 9.88. The summed E-state index contributed by atoms with van der Waals surface area (Å²) < 4.78 is 11.3. The number of nitrogens with zero attached hydrogens (tertiary/aromatic N) is 10. The number of hydrogen-bond donors (Lipinski definition) is 0. The number of aromatic nitrogens is 8. The summed E-state index contributed by atoms with van der Waals surface area (Å²) in [6.07, 6.45) is 4.02. The van der Waals surface area contributed by atoms with Crippen LogP contribution in [0.15, 0.2) is 109 Å². The molecule has 106 heavy (non-hydrogen) atoms. The Balaban J connectivity index is 0.000000104. The van der Waals surface area contributed by atoms with E-state index in [1.807, 2.05) is 26.2 Å². The van der Waals surface area contributed by atoms with Crippen molar-refractivity contribution in [3.8, 4) is 23.9 Å². The fourth-order valence-electron chi connectivity index (χ4n) is 18.3. The van der Waals surface area contributed by atoms with Crippen molar-refractivity contribution < 1.29 is 9.47 Å². The number of hydrogen-bond acceptors (Lipinski definition) is 12. The third-order valence-corrected chi connectivity index (χ3v) is 23.5. The maximum atomic E-state index is 9.66. The van der Waals surface area contributed by atoms with E-state index < -0.39 is 0 Å². The van der Waals surface area contributed by atoms with E-state index in [2.05, 4.69) is 220 Å². The van der Waals surface area contributed by atoms with Crippen LogP contribution in [0.3, 0.4) is 0 Å². The zero-order valence-corrected chi connectivity index (χ0v) is 63.7. The smallest absolute Gasteiger partial charge is 0.217 e. The van der Waals surface area contributed by atoms with Crippen LogP contribution in [0.4, 0.5) is 0 Å². The molecule has 0 fully saturated rings. The Bertz CT molecular complexity index is 6870. The minimum absolute atomic E-state index is 0.457. The lowest BCUT2D eigenvalue weighted by Crippen LogP contribution is -2.01. The third-order valence-electron chi connectivity index (χ3n) is 23.5. The molecular formula is C94H78N10O2. The molecule has 516 valence electrons. The van der Waals surface area contributed by atoms with Gasteiger partial charge in [0.05, 0.1) is 58.4 Å². The number of nitriles is 2.